The molecule has 3 aromatic rings. The van der Waals surface area contributed by atoms with Crippen LogP contribution in [0.2, 0.25) is 0 Å². The Morgan fingerprint density at radius 1 is 1.03 bits per heavy atom. The molecule has 4 rings (SSSR count). The Morgan fingerprint density at radius 3 is 2.52 bits per heavy atom. The highest BCUT2D eigenvalue weighted by atomic mass is 16.5. The summed E-state index contributed by atoms with van der Waals surface area (Å²) in [5, 5.41) is 3.07. The van der Waals surface area contributed by atoms with E-state index in [1.807, 2.05) is 37.5 Å². The highest BCUT2D eigenvalue weighted by molar-refractivity contribution is 5.77. The summed E-state index contributed by atoms with van der Waals surface area (Å²) in [6.45, 7) is 2.30. The van der Waals surface area contributed by atoms with Crippen molar-refractivity contribution in [2.75, 3.05) is 26.8 Å². The van der Waals surface area contributed by atoms with Gasteiger partial charge in [-0.2, -0.15) is 0 Å². The van der Waals surface area contributed by atoms with Crippen molar-refractivity contribution < 1.29 is 14.3 Å². The van der Waals surface area contributed by atoms with Gasteiger partial charge < -0.3 is 19.4 Å². The molecule has 1 aromatic heterocycles. The number of amides is 1. The van der Waals surface area contributed by atoms with Gasteiger partial charge in [0.15, 0.2) is 18.1 Å². The van der Waals surface area contributed by atoms with Crippen LogP contribution in [0.25, 0.3) is 0 Å². The number of ether oxygens (including phenoxy) is 2. The molecule has 0 bridgehead atoms. The average Bonchev–Trinajstić information content (AvgIpc) is 3.23. The molecule has 1 aliphatic heterocycles. The van der Waals surface area contributed by atoms with Crippen molar-refractivity contribution in [3.05, 3.63) is 83.7 Å². The molecule has 0 radical (unpaired) electrons. The predicted octanol–water partition coefficient (Wildman–Crippen LogP) is 3.33. The van der Waals surface area contributed by atoms with Crippen molar-refractivity contribution in [3.8, 4) is 11.5 Å². The van der Waals surface area contributed by atoms with E-state index in [-0.39, 0.29) is 18.6 Å². The van der Waals surface area contributed by atoms with E-state index in [4.69, 9.17) is 9.47 Å². The quantitative estimate of drug-likeness (QED) is 0.609. The van der Waals surface area contributed by atoms with E-state index in [9.17, 15) is 4.79 Å². The van der Waals surface area contributed by atoms with E-state index in [1.54, 1.807) is 13.2 Å². The summed E-state index contributed by atoms with van der Waals surface area (Å²) in [6.07, 6.45) is 3.06. The number of nitrogens with zero attached hydrogens (tertiary/aromatic N) is 2. The van der Waals surface area contributed by atoms with Crippen molar-refractivity contribution in [2.24, 2.45) is 7.05 Å². The van der Waals surface area contributed by atoms with E-state index in [2.05, 4.69) is 45.1 Å². The van der Waals surface area contributed by atoms with E-state index in [0.717, 1.165) is 19.5 Å². The highest BCUT2D eigenvalue weighted by Crippen LogP contribution is 2.28. The van der Waals surface area contributed by atoms with Crippen LogP contribution in [0.3, 0.4) is 0 Å². The minimum absolute atomic E-state index is 0.0525. The summed E-state index contributed by atoms with van der Waals surface area (Å²) in [5.74, 6) is 1.03. The largest absolute Gasteiger partial charge is 0.493 e. The summed E-state index contributed by atoms with van der Waals surface area (Å²) in [5.41, 5.74) is 3.96. The first-order valence-electron chi connectivity index (χ1n) is 10.6. The van der Waals surface area contributed by atoms with E-state index in [1.165, 1.54) is 16.8 Å². The van der Waals surface area contributed by atoms with Crippen molar-refractivity contribution in [1.29, 1.82) is 0 Å². The number of fused-ring (bicyclic) bond motifs is 1. The Hall–Kier alpha value is -3.25. The second kappa shape index (κ2) is 9.71. The molecule has 0 aliphatic carbocycles. The Bertz CT molecular complexity index is 1030. The maximum Gasteiger partial charge on any atom is 0.258 e. The number of aryl methyl sites for hydroxylation is 1. The Balaban J connectivity index is 1.41. The number of hydrogen-bond donors (Lipinski definition) is 1. The third-order valence-corrected chi connectivity index (χ3v) is 5.85. The summed E-state index contributed by atoms with van der Waals surface area (Å²) in [6, 6.07) is 20.2. The van der Waals surface area contributed by atoms with Crippen molar-refractivity contribution in [2.45, 2.75) is 19.0 Å². The van der Waals surface area contributed by atoms with E-state index < -0.39 is 0 Å². The maximum atomic E-state index is 12.6. The number of nitrogens with one attached hydrogen (secondary N) is 1. The monoisotopic (exact) mass is 419 g/mol. The summed E-state index contributed by atoms with van der Waals surface area (Å²) < 4.78 is 13.1. The molecule has 1 N–H and O–H groups in total. The minimum atomic E-state index is -0.150. The molecule has 1 atom stereocenters. The number of aromatic nitrogens is 1. The highest BCUT2D eigenvalue weighted by Gasteiger charge is 2.26. The van der Waals surface area contributed by atoms with Gasteiger partial charge in [-0.05, 0) is 41.8 Å². The van der Waals surface area contributed by atoms with Crippen LogP contribution in [0.5, 0.6) is 11.5 Å². The molecular formula is C25H29N3O3. The number of para-hydroxylation sites is 2. The summed E-state index contributed by atoms with van der Waals surface area (Å²) in [7, 11) is 3.64. The molecule has 2 heterocycles. The van der Waals surface area contributed by atoms with Crippen LogP contribution in [-0.2, 0) is 24.8 Å². The first-order valence-corrected chi connectivity index (χ1v) is 10.6. The number of carbonyl (C=O) groups is 1. The van der Waals surface area contributed by atoms with Crippen molar-refractivity contribution in [3.63, 3.8) is 0 Å². The standard InChI is InChI=1S/C25H29N3O3/c1-27-14-7-10-21(27)22(28-15-13-19-8-3-4-9-20(19)17-28)16-26-25(29)18-31-24-12-6-5-11-23(24)30-2/h3-12,14,22H,13,15-18H2,1-2H3,(H,26,29). The van der Waals surface area contributed by atoms with Crippen LogP contribution in [-0.4, -0.2) is 42.2 Å². The van der Waals surface area contributed by atoms with Crippen LogP contribution in [0.1, 0.15) is 22.9 Å². The lowest BCUT2D eigenvalue weighted by molar-refractivity contribution is -0.123. The lowest BCUT2D eigenvalue weighted by Gasteiger charge is -2.36. The zero-order valence-corrected chi connectivity index (χ0v) is 18.1. The van der Waals surface area contributed by atoms with Gasteiger partial charge in [0.2, 0.25) is 0 Å². The van der Waals surface area contributed by atoms with Gasteiger partial charge in [-0.15, -0.1) is 0 Å². The molecule has 0 fully saturated rings. The van der Waals surface area contributed by atoms with Gasteiger partial charge in [0.05, 0.1) is 13.2 Å². The lowest BCUT2D eigenvalue weighted by Crippen LogP contribution is -2.42. The fourth-order valence-corrected chi connectivity index (χ4v) is 4.17. The molecule has 0 saturated heterocycles. The molecule has 6 nitrogen and oxygen atoms in total. The van der Waals surface area contributed by atoms with Crippen molar-refractivity contribution >= 4 is 5.91 Å². The zero-order valence-electron chi connectivity index (χ0n) is 18.1. The van der Waals surface area contributed by atoms with Crippen LogP contribution >= 0.6 is 0 Å². The molecule has 162 valence electrons. The van der Waals surface area contributed by atoms with E-state index in [0.29, 0.717) is 18.0 Å². The van der Waals surface area contributed by atoms with Gasteiger partial charge in [0, 0.05) is 38.6 Å². The number of methoxy groups -OCH3 is 1. The molecule has 1 amide bonds. The summed E-state index contributed by atoms with van der Waals surface area (Å²) >= 11 is 0. The zero-order chi connectivity index (χ0) is 21.6. The normalized spacial score (nSPS) is 14.5. The molecular weight excluding hydrogens is 390 g/mol. The van der Waals surface area contributed by atoms with Gasteiger partial charge in [-0.25, -0.2) is 0 Å². The van der Waals surface area contributed by atoms with Gasteiger partial charge in [-0.3, -0.25) is 9.69 Å². The average molecular weight is 420 g/mol. The second-order valence-electron chi connectivity index (χ2n) is 7.79. The fourth-order valence-electron chi connectivity index (χ4n) is 4.17. The molecule has 1 unspecified atom stereocenters. The van der Waals surface area contributed by atoms with Gasteiger partial charge in [0.1, 0.15) is 0 Å². The van der Waals surface area contributed by atoms with Gasteiger partial charge >= 0.3 is 0 Å². The van der Waals surface area contributed by atoms with Crippen molar-refractivity contribution in [1.82, 2.24) is 14.8 Å². The predicted molar refractivity (Wildman–Crippen MR) is 120 cm³/mol. The van der Waals surface area contributed by atoms with Crippen LogP contribution < -0.4 is 14.8 Å². The molecule has 1 aliphatic rings. The Kier molecular flexibility index (Phi) is 6.57. The number of rotatable bonds is 8. The van der Waals surface area contributed by atoms with Gasteiger partial charge in [-0.1, -0.05) is 36.4 Å². The minimum Gasteiger partial charge on any atom is -0.493 e. The Labute approximate surface area is 183 Å². The second-order valence-corrected chi connectivity index (χ2v) is 7.79. The number of benzene rings is 2. The van der Waals surface area contributed by atoms with Crippen LogP contribution in [0.4, 0.5) is 0 Å². The smallest absolute Gasteiger partial charge is 0.258 e. The number of hydrogen-bond acceptors (Lipinski definition) is 4. The first kappa shape index (κ1) is 21.0. The third kappa shape index (κ3) is 4.91. The SMILES string of the molecule is COc1ccccc1OCC(=O)NCC(c1cccn1C)N1CCc2ccccc2C1. The Morgan fingerprint density at radius 2 is 1.77 bits per heavy atom. The lowest BCUT2D eigenvalue weighted by atomic mass is 9.98. The fraction of sp³-hybridized carbons (Fsp3) is 0.320. The molecule has 0 spiro atoms. The molecule has 31 heavy (non-hydrogen) atoms. The van der Waals surface area contributed by atoms with Crippen LogP contribution in [0, 0.1) is 0 Å². The topological polar surface area (TPSA) is 55.7 Å². The maximum absolute atomic E-state index is 12.6. The summed E-state index contributed by atoms with van der Waals surface area (Å²) in [4.78, 5) is 15.0. The van der Waals surface area contributed by atoms with E-state index >= 15 is 0 Å². The first-order chi connectivity index (χ1) is 15.2. The molecule has 2 aromatic carbocycles. The van der Waals surface area contributed by atoms with Crippen LogP contribution in [0.15, 0.2) is 66.9 Å². The van der Waals surface area contributed by atoms with Gasteiger partial charge in [0.25, 0.3) is 5.91 Å². The molecule has 6 heteroatoms. The molecule has 0 saturated carbocycles. The number of carbonyl (C=O) groups excluding carboxylic acids is 1. The third-order valence-electron chi connectivity index (χ3n) is 5.85.